The highest BCUT2D eigenvalue weighted by molar-refractivity contribution is 6.05. The van der Waals surface area contributed by atoms with Gasteiger partial charge in [-0.1, -0.05) is 38.1 Å². The number of rotatable bonds is 8. The summed E-state index contributed by atoms with van der Waals surface area (Å²) >= 11 is 0. The Morgan fingerprint density at radius 3 is 2.67 bits per heavy atom. The molecule has 6 rings (SSSR count). The predicted molar refractivity (Wildman–Crippen MR) is 156 cm³/mol. The van der Waals surface area contributed by atoms with Crippen LogP contribution in [0.15, 0.2) is 82.4 Å². The van der Waals surface area contributed by atoms with Crippen molar-refractivity contribution in [2.24, 2.45) is 0 Å². The summed E-state index contributed by atoms with van der Waals surface area (Å²) in [5.41, 5.74) is 4.53. The first-order chi connectivity index (χ1) is 19.4. The number of benzene rings is 2. The van der Waals surface area contributed by atoms with Crippen molar-refractivity contribution in [1.29, 1.82) is 0 Å². The number of hydrogen-bond acceptors (Lipinski definition) is 6. The van der Waals surface area contributed by atoms with E-state index in [1.54, 1.807) is 18.6 Å². The molecule has 0 saturated heterocycles. The van der Waals surface area contributed by atoms with Crippen molar-refractivity contribution in [3.63, 3.8) is 0 Å². The van der Waals surface area contributed by atoms with E-state index in [4.69, 9.17) is 4.42 Å². The van der Waals surface area contributed by atoms with E-state index >= 15 is 0 Å². The van der Waals surface area contributed by atoms with Crippen LogP contribution in [-0.2, 0) is 17.9 Å². The number of nitrogens with zero attached hydrogens (tertiary/aromatic N) is 3. The molecule has 0 aliphatic heterocycles. The van der Waals surface area contributed by atoms with Crippen molar-refractivity contribution in [3.8, 4) is 0 Å². The third-order valence-electron chi connectivity index (χ3n) is 7.12. The summed E-state index contributed by atoms with van der Waals surface area (Å²) in [4.78, 5) is 38.5. The lowest BCUT2D eigenvalue weighted by Crippen LogP contribution is -2.35. The SMILES string of the molecule is CC(C)c1ncc(N[C@H](C)c2ccc3oc4ccccc4c3c2)c(=O)n1CC(=O)NCc1cc2cnccc2[nH]1. The number of aromatic amines is 1. The molecule has 2 aromatic carbocycles. The van der Waals surface area contributed by atoms with Gasteiger partial charge in [-0.3, -0.25) is 19.1 Å². The highest BCUT2D eigenvalue weighted by Gasteiger charge is 2.18. The number of furan rings is 1. The summed E-state index contributed by atoms with van der Waals surface area (Å²) in [6, 6.07) is 17.6. The Hall–Kier alpha value is -4.92. The van der Waals surface area contributed by atoms with Gasteiger partial charge in [-0.25, -0.2) is 4.98 Å². The quantitative estimate of drug-likeness (QED) is 0.233. The molecule has 0 aliphatic rings. The van der Waals surface area contributed by atoms with Gasteiger partial charge in [0.05, 0.1) is 12.7 Å². The molecule has 1 amide bonds. The van der Waals surface area contributed by atoms with Crippen molar-refractivity contribution in [2.45, 2.75) is 45.8 Å². The molecule has 3 N–H and O–H groups in total. The van der Waals surface area contributed by atoms with Crippen LogP contribution in [0, 0.1) is 0 Å². The zero-order valence-electron chi connectivity index (χ0n) is 22.6. The molecule has 4 aromatic heterocycles. The topological polar surface area (TPSA) is 118 Å². The normalized spacial score (nSPS) is 12.4. The summed E-state index contributed by atoms with van der Waals surface area (Å²) in [6.45, 7) is 6.08. The van der Waals surface area contributed by atoms with E-state index in [9.17, 15) is 9.59 Å². The van der Waals surface area contributed by atoms with Gasteiger partial charge in [0.15, 0.2) is 0 Å². The fourth-order valence-corrected chi connectivity index (χ4v) is 5.07. The lowest BCUT2D eigenvalue weighted by Gasteiger charge is -2.19. The average molecular weight is 535 g/mol. The number of fused-ring (bicyclic) bond motifs is 4. The largest absolute Gasteiger partial charge is 0.456 e. The Balaban J connectivity index is 1.22. The van der Waals surface area contributed by atoms with Crippen LogP contribution in [0.3, 0.4) is 0 Å². The summed E-state index contributed by atoms with van der Waals surface area (Å²) in [5, 5.41) is 9.27. The smallest absolute Gasteiger partial charge is 0.277 e. The molecule has 0 radical (unpaired) electrons. The number of carbonyl (C=O) groups is 1. The predicted octanol–water partition coefficient (Wildman–Crippen LogP) is 5.63. The Morgan fingerprint density at radius 2 is 1.85 bits per heavy atom. The Labute approximate surface area is 230 Å². The summed E-state index contributed by atoms with van der Waals surface area (Å²) in [5.74, 6) is 0.247. The fourth-order valence-electron chi connectivity index (χ4n) is 5.07. The van der Waals surface area contributed by atoms with Crippen LogP contribution in [0.25, 0.3) is 32.8 Å². The Bertz CT molecular complexity index is 1880. The van der Waals surface area contributed by atoms with Gasteiger partial charge in [0, 0.05) is 51.7 Å². The number of carbonyl (C=O) groups excluding carboxylic acids is 1. The maximum atomic E-state index is 13.6. The number of para-hydroxylation sites is 1. The summed E-state index contributed by atoms with van der Waals surface area (Å²) in [7, 11) is 0. The highest BCUT2D eigenvalue weighted by atomic mass is 16.3. The molecule has 0 spiro atoms. The Kier molecular flexibility index (Phi) is 6.55. The van der Waals surface area contributed by atoms with Gasteiger partial charge in [-0.2, -0.15) is 0 Å². The van der Waals surface area contributed by atoms with Gasteiger partial charge in [-0.05, 0) is 42.8 Å². The van der Waals surface area contributed by atoms with Crippen molar-refractivity contribution >= 4 is 44.4 Å². The molecular weight excluding hydrogens is 504 g/mol. The second-order valence-electron chi connectivity index (χ2n) is 10.3. The van der Waals surface area contributed by atoms with Crippen LogP contribution in [0.1, 0.15) is 49.8 Å². The summed E-state index contributed by atoms with van der Waals surface area (Å²) in [6.07, 6.45) is 5.05. The highest BCUT2D eigenvalue weighted by Crippen LogP contribution is 2.31. The lowest BCUT2D eigenvalue weighted by molar-refractivity contribution is -0.121. The van der Waals surface area contributed by atoms with Gasteiger partial charge >= 0.3 is 0 Å². The Morgan fingerprint density at radius 1 is 1.02 bits per heavy atom. The van der Waals surface area contributed by atoms with Gasteiger partial charge in [-0.15, -0.1) is 0 Å². The number of pyridine rings is 1. The maximum absolute atomic E-state index is 13.6. The summed E-state index contributed by atoms with van der Waals surface area (Å²) < 4.78 is 7.41. The van der Waals surface area contributed by atoms with Crippen molar-refractivity contribution < 1.29 is 9.21 Å². The van der Waals surface area contributed by atoms with Crippen molar-refractivity contribution in [2.75, 3.05) is 5.32 Å². The molecule has 0 fully saturated rings. The number of anilines is 1. The minimum atomic E-state index is -0.285. The van der Waals surface area contributed by atoms with E-state index in [-0.39, 0.29) is 30.0 Å². The van der Waals surface area contributed by atoms with Crippen LogP contribution in [0.4, 0.5) is 5.69 Å². The molecule has 9 heteroatoms. The molecule has 0 aliphatic carbocycles. The lowest BCUT2D eigenvalue weighted by atomic mass is 10.0. The first-order valence-electron chi connectivity index (χ1n) is 13.3. The monoisotopic (exact) mass is 534 g/mol. The number of nitrogens with one attached hydrogen (secondary N) is 3. The molecule has 202 valence electrons. The first-order valence-corrected chi connectivity index (χ1v) is 13.3. The van der Waals surface area contributed by atoms with Crippen LogP contribution < -0.4 is 16.2 Å². The molecular formula is C31H30N6O3. The molecule has 0 bridgehead atoms. The third-order valence-corrected chi connectivity index (χ3v) is 7.12. The zero-order valence-corrected chi connectivity index (χ0v) is 22.6. The van der Waals surface area contributed by atoms with Crippen LogP contribution in [-0.4, -0.2) is 25.4 Å². The van der Waals surface area contributed by atoms with E-state index in [2.05, 4.69) is 31.7 Å². The number of hydrogen-bond donors (Lipinski definition) is 3. The molecule has 4 heterocycles. The minimum absolute atomic E-state index is 0.0371. The van der Waals surface area contributed by atoms with Crippen molar-refractivity contribution in [3.05, 3.63) is 101 Å². The molecule has 0 unspecified atom stereocenters. The zero-order chi connectivity index (χ0) is 27.8. The molecule has 1 atom stereocenters. The standard InChI is InChI=1S/C31H30N6O3/c1-18(2)30-34-16-26(35-19(3)20-8-9-28-24(13-20)23-6-4-5-7-27(23)40-28)31(39)37(30)17-29(38)33-15-22-12-21-14-32-11-10-25(21)36-22/h4-14,16,18-19,35-36H,15,17H2,1-3H3,(H,33,38)/t19-/m1/s1. The van der Waals surface area contributed by atoms with Gasteiger partial charge < -0.3 is 20.0 Å². The van der Waals surface area contributed by atoms with Gasteiger partial charge in [0.2, 0.25) is 5.91 Å². The van der Waals surface area contributed by atoms with Crippen LogP contribution >= 0.6 is 0 Å². The van der Waals surface area contributed by atoms with E-state index in [0.717, 1.165) is 44.1 Å². The molecule has 0 saturated carbocycles. The number of amides is 1. The van der Waals surface area contributed by atoms with E-state index in [1.165, 1.54) is 4.57 Å². The van der Waals surface area contributed by atoms with Crippen LogP contribution in [0.2, 0.25) is 0 Å². The van der Waals surface area contributed by atoms with Crippen LogP contribution in [0.5, 0.6) is 0 Å². The maximum Gasteiger partial charge on any atom is 0.277 e. The number of H-pyrrole nitrogens is 1. The van der Waals surface area contributed by atoms with E-state index in [1.807, 2.05) is 69.3 Å². The molecule has 9 nitrogen and oxygen atoms in total. The number of aromatic nitrogens is 4. The van der Waals surface area contributed by atoms with E-state index < -0.39 is 0 Å². The second-order valence-corrected chi connectivity index (χ2v) is 10.3. The second kappa shape index (κ2) is 10.3. The van der Waals surface area contributed by atoms with Crippen molar-refractivity contribution in [1.82, 2.24) is 24.8 Å². The molecule has 40 heavy (non-hydrogen) atoms. The fraction of sp³-hybridized carbons (Fsp3) is 0.226. The third kappa shape index (κ3) is 4.82. The van der Waals surface area contributed by atoms with Gasteiger partial charge in [0.1, 0.15) is 29.2 Å². The van der Waals surface area contributed by atoms with E-state index in [0.29, 0.717) is 18.1 Å². The first kappa shape index (κ1) is 25.4. The average Bonchev–Trinajstić information content (AvgIpc) is 3.54. The molecule has 6 aromatic rings. The minimum Gasteiger partial charge on any atom is -0.456 e. The van der Waals surface area contributed by atoms with Gasteiger partial charge in [0.25, 0.3) is 5.56 Å².